The van der Waals surface area contributed by atoms with E-state index in [1.165, 1.54) is 0 Å². The molecule has 6 heteroatoms. The SMILES string of the molecule is CCOc1ccc(Br)cc1NC(=O)NC(C)C(C)CO. The number of nitrogens with one attached hydrogen (secondary N) is 2. The Morgan fingerprint density at radius 2 is 2.15 bits per heavy atom. The Morgan fingerprint density at radius 3 is 2.75 bits per heavy atom. The van der Waals surface area contributed by atoms with Gasteiger partial charge in [0.25, 0.3) is 0 Å². The van der Waals surface area contributed by atoms with Crippen LogP contribution in [-0.2, 0) is 0 Å². The van der Waals surface area contributed by atoms with Crippen molar-refractivity contribution in [2.45, 2.75) is 26.8 Å². The third kappa shape index (κ3) is 5.02. The first-order valence-corrected chi connectivity index (χ1v) is 7.38. The first-order valence-electron chi connectivity index (χ1n) is 6.58. The maximum Gasteiger partial charge on any atom is 0.319 e. The normalized spacial score (nSPS) is 13.4. The molecule has 2 unspecified atom stereocenters. The summed E-state index contributed by atoms with van der Waals surface area (Å²) in [6, 6.07) is 4.98. The number of benzene rings is 1. The van der Waals surface area contributed by atoms with E-state index in [9.17, 15) is 4.79 Å². The molecule has 1 rings (SSSR count). The maximum absolute atomic E-state index is 11.9. The number of urea groups is 1. The van der Waals surface area contributed by atoms with Crippen molar-refractivity contribution in [3.63, 3.8) is 0 Å². The predicted molar refractivity (Wildman–Crippen MR) is 83.2 cm³/mol. The Morgan fingerprint density at radius 1 is 1.45 bits per heavy atom. The second-order valence-electron chi connectivity index (χ2n) is 4.62. The van der Waals surface area contributed by atoms with Gasteiger partial charge in [0.05, 0.1) is 12.3 Å². The number of aliphatic hydroxyl groups is 1. The van der Waals surface area contributed by atoms with Crippen LogP contribution in [-0.4, -0.2) is 30.4 Å². The van der Waals surface area contributed by atoms with Crippen LogP contribution < -0.4 is 15.4 Å². The van der Waals surface area contributed by atoms with E-state index in [4.69, 9.17) is 9.84 Å². The summed E-state index contributed by atoms with van der Waals surface area (Å²) in [6.45, 7) is 6.16. The fourth-order valence-electron chi connectivity index (χ4n) is 1.55. The van der Waals surface area contributed by atoms with Crippen molar-refractivity contribution in [1.29, 1.82) is 0 Å². The number of carbonyl (C=O) groups is 1. The third-order valence-electron chi connectivity index (χ3n) is 2.99. The van der Waals surface area contributed by atoms with Crippen LogP contribution in [0, 0.1) is 5.92 Å². The summed E-state index contributed by atoms with van der Waals surface area (Å²) in [5.41, 5.74) is 0.600. The van der Waals surface area contributed by atoms with Crippen molar-refractivity contribution in [3.05, 3.63) is 22.7 Å². The molecule has 0 saturated carbocycles. The van der Waals surface area contributed by atoms with E-state index in [1.54, 1.807) is 12.1 Å². The van der Waals surface area contributed by atoms with E-state index in [-0.39, 0.29) is 24.6 Å². The van der Waals surface area contributed by atoms with Crippen molar-refractivity contribution < 1.29 is 14.6 Å². The summed E-state index contributed by atoms with van der Waals surface area (Å²) >= 11 is 3.36. The van der Waals surface area contributed by atoms with E-state index in [0.717, 1.165) is 4.47 Å². The number of carbonyl (C=O) groups excluding carboxylic acids is 1. The summed E-state index contributed by atoms with van der Waals surface area (Å²) in [5, 5.41) is 14.6. The van der Waals surface area contributed by atoms with Crippen LogP contribution in [0.15, 0.2) is 22.7 Å². The van der Waals surface area contributed by atoms with Crippen LogP contribution in [0.2, 0.25) is 0 Å². The molecule has 2 atom stereocenters. The average molecular weight is 345 g/mol. The lowest BCUT2D eigenvalue weighted by Crippen LogP contribution is -2.40. The van der Waals surface area contributed by atoms with Gasteiger partial charge in [0.15, 0.2) is 0 Å². The van der Waals surface area contributed by atoms with Crippen molar-refractivity contribution in [3.8, 4) is 5.75 Å². The molecule has 1 aromatic rings. The Bertz CT molecular complexity index is 454. The quantitative estimate of drug-likeness (QED) is 0.742. The molecule has 0 aliphatic rings. The molecule has 0 aliphatic carbocycles. The summed E-state index contributed by atoms with van der Waals surface area (Å²) < 4.78 is 6.32. The highest BCUT2D eigenvalue weighted by atomic mass is 79.9. The monoisotopic (exact) mass is 344 g/mol. The zero-order valence-corrected chi connectivity index (χ0v) is 13.5. The number of amides is 2. The minimum absolute atomic E-state index is 0.00498. The molecule has 0 bridgehead atoms. The number of hydrogen-bond donors (Lipinski definition) is 3. The minimum atomic E-state index is -0.322. The summed E-state index contributed by atoms with van der Waals surface area (Å²) in [5.74, 6) is 0.614. The predicted octanol–water partition coefficient (Wildman–Crippen LogP) is 2.99. The molecular formula is C14H21BrN2O3. The molecule has 0 aliphatic heterocycles. The van der Waals surface area contributed by atoms with Crippen LogP contribution in [0.25, 0.3) is 0 Å². The molecule has 5 nitrogen and oxygen atoms in total. The van der Waals surface area contributed by atoms with Gasteiger partial charge in [-0.25, -0.2) is 4.79 Å². The molecule has 112 valence electrons. The topological polar surface area (TPSA) is 70.6 Å². The molecule has 0 radical (unpaired) electrons. The zero-order chi connectivity index (χ0) is 15.1. The van der Waals surface area contributed by atoms with Gasteiger partial charge in [0.2, 0.25) is 0 Å². The fraction of sp³-hybridized carbons (Fsp3) is 0.500. The Hall–Kier alpha value is -1.27. The second-order valence-corrected chi connectivity index (χ2v) is 5.54. The third-order valence-corrected chi connectivity index (χ3v) is 3.48. The molecular weight excluding hydrogens is 324 g/mol. The number of aliphatic hydroxyl groups excluding tert-OH is 1. The number of ether oxygens (including phenoxy) is 1. The molecule has 0 aromatic heterocycles. The number of hydrogen-bond acceptors (Lipinski definition) is 3. The van der Waals surface area contributed by atoms with E-state index >= 15 is 0 Å². The molecule has 0 fully saturated rings. The van der Waals surface area contributed by atoms with Crippen LogP contribution in [0.4, 0.5) is 10.5 Å². The lowest BCUT2D eigenvalue weighted by molar-refractivity contribution is 0.204. The van der Waals surface area contributed by atoms with Gasteiger partial charge in [-0.15, -0.1) is 0 Å². The van der Waals surface area contributed by atoms with Crippen LogP contribution in [0.5, 0.6) is 5.75 Å². The second kappa shape index (κ2) is 8.11. The maximum atomic E-state index is 11.9. The summed E-state index contributed by atoms with van der Waals surface area (Å²) in [6.07, 6.45) is 0. The first-order chi connectivity index (χ1) is 9.47. The Balaban J connectivity index is 2.72. The largest absolute Gasteiger partial charge is 0.492 e. The van der Waals surface area contributed by atoms with E-state index in [2.05, 4.69) is 26.6 Å². The van der Waals surface area contributed by atoms with Crippen molar-refractivity contribution in [2.24, 2.45) is 5.92 Å². The van der Waals surface area contributed by atoms with Gasteiger partial charge in [-0.2, -0.15) is 0 Å². The molecule has 0 saturated heterocycles. The van der Waals surface area contributed by atoms with Gasteiger partial charge in [-0.05, 0) is 38.0 Å². The lowest BCUT2D eigenvalue weighted by atomic mass is 10.1. The van der Waals surface area contributed by atoms with Crippen LogP contribution in [0.1, 0.15) is 20.8 Å². The van der Waals surface area contributed by atoms with Crippen molar-refractivity contribution in [1.82, 2.24) is 5.32 Å². The highest BCUT2D eigenvalue weighted by molar-refractivity contribution is 9.10. The van der Waals surface area contributed by atoms with Gasteiger partial charge >= 0.3 is 6.03 Å². The number of rotatable bonds is 6. The van der Waals surface area contributed by atoms with Crippen LogP contribution >= 0.6 is 15.9 Å². The highest BCUT2D eigenvalue weighted by Crippen LogP contribution is 2.28. The summed E-state index contributed by atoms with van der Waals surface area (Å²) in [4.78, 5) is 11.9. The minimum Gasteiger partial charge on any atom is -0.492 e. The molecule has 2 amide bonds. The molecule has 20 heavy (non-hydrogen) atoms. The van der Waals surface area contributed by atoms with Gasteiger partial charge in [-0.1, -0.05) is 22.9 Å². The molecule has 0 spiro atoms. The van der Waals surface area contributed by atoms with Gasteiger partial charge < -0.3 is 20.5 Å². The van der Waals surface area contributed by atoms with Crippen LogP contribution in [0.3, 0.4) is 0 Å². The zero-order valence-electron chi connectivity index (χ0n) is 11.9. The van der Waals surface area contributed by atoms with E-state index in [1.807, 2.05) is 26.8 Å². The standard InChI is InChI=1S/C14H21BrN2O3/c1-4-20-13-6-5-11(15)7-12(13)17-14(19)16-10(3)9(2)8-18/h5-7,9-10,18H,4,8H2,1-3H3,(H2,16,17,19). The lowest BCUT2D eigenvalue weighted by Gasteiger charge is -2.20. The van der Waals surface area contributed by atoms with Gasteiger partial charge in [0, 0.05) is 17.1 Å². The van der Waals surface area contributed by atoms with Crippen molar-refractivity contribution >= 4 is 27.6 Å². The van der Waals surface area contributed by atoms with Crippen molar-refractivity contribution in [2.75, 3.05) is 18.5 Å². The first kappa shape index (κ1) is 16.8. The Labute approximate surface area is 127 Å². The molecule has 3 N–H and O–H groups in total. The fourth-order valence-corrected chi connectivity index (χ4v) is 1.91. The highest BCUT2D eigenvalue weighted by Gasteiger charge is 2.15. The number of anilines is 1. The number of halogens is 1. The van der Waals surface area contributed by atoms with Gasteiger partial charge in [-0.3, -0.25) is 0 Å². The molecule has 1 aromatic carbocycles. The molecule has 0 heterocycles. The van der Waals surface area contributed by atoms with Gasteiger partial charge in [0.1, 0.15) is 5.75 Å². The van der Waals surface area contributed by atoms with E-state index < -0.39 is 0 Å². The smallest absolute Gasteiger partial charge is 0.319 e. The van der Waals surface area contributed by atoms with E-state index in [0.29, 0.717) is 18.0 Å². The Kier molecular flexibility index (Phi) is 6.81. The summed E-state index contributed by atoms with van der Waals surface area (Å²) in [7, 11) is 0. The average Bonchev–Trinajstić information content (AvgIpc) is 2.40.